The van der Waals surface area contributed by atoms with Crippen LogP contribution in [0, 0.1) is 0 Å². The number of benzene rings is 2. The highest BCUT2D eigenvalue weighted by Gasteiger charge is 2.05. The minimum atomic E-state index is 0.497. The van der Waals surface area contributed by atoms with Gasteiger partial charge in [0.2, 0.25) is 0 Å². The van der Waals surface area contributed by atoms with Crippen molar-refractivity contribution in [2.75, 3.05) is 12.8 Å². The summed E-state index contributed by atoms with van der Waals surface area (Å²) in [6.07, 6.45) is 1.95. The van der Waals surface area contributed by atoms with Crippen molar-refractivity contribution in [3.8, 4) is 11.5 Å². The zero-order valence-corrected chi connectivity index (χ0v) is 11.2. The molecule has 4 heteroatoms. The Morgan fingerprint density at radius 1 is 1.10 bits per heavy atom. The molecule has 1 heterocycles. The lowest BCUT2D eigenvalue weighted by Gasteiger charge is -2.07. The number of anilines is 1. The van der Waals surface area contributed by atoms with Crippen molar-refractivity contribution in [2.24, 2.45) is 0 Å². The predicted octanol–water partition coefficient (Wildman–Crippen LogP) is 3.34. The van der Waals surface area contributed by atoms with Gasteiger partial charge in [-0.2, -0.15) is 0 Å². The van der Waals surface area contributed by atoms with Gasteiger partial charge in [0, 0.05) is 34.4 Å². The fourth-order valence-electron chi connectivity index (χ4n) is 2.18. The molecule has 3 rings (SSSR count). The third-order valence-electron chi connectivity index (χ3n) is 3.23. The molecule has 1 aromatic heterocycles. The van der Waals surface area contributed by atoms with Gasteiger partial charge in [0.1, 0.15) is 18.1 Å². The van der Waals surface area contributed by atoms with E-state index in [1.807, 2.05) is 48.7 Å². The topological polar surface area (TPSA) is 60.3 Å². The third-order valence-corrected chi connectivity index (χ3v) is 3.23. The van der Waals surface area contributed by atoms with Crippen LogP contribution in [-0.2, 0) is 6.61 Å². The summed E-state index contributed by atoms with van der Waals surface area (Å²) < 4.78 is 11.0. The summed E-state index contributed by atoms with van der Waals surface area (Å²) in [5.74, 6) is 1.57. The molecule has 2 aromatic carbocycles. The van der Waals surface area contributed by atoms with E-state index in [0.29, 0.717) is 6.61 Å². The lowest BCUT2D eigenvalue weighted by molar-refractivity contribution is 0.305. The molecule has 4 nitrogen and oxygen atoms in total. The van der Waals surface area contributed by atoms with Crippen molar-refractivity contribution in [2.45, 2.75) is 6.61 Å². The second-order valence-corrected chi connectivity index (χ2v) is 4.59. The summed E-state index contributed by atoms with van der Waals surface area (Å²) in [7, 11) is 1.64. The highest BCUT2D eigenvalue weighted by molar-refractivity contribution is 5.85. The number of aromatic nitrogens is 1. The second kappa shape index (κ2) is 5.17. The first-order chi connectivity index (χ1) is 9.76. The van der Waals surface area contributed by atoms with Crippen LogP contribution in [0.25, 0.3) is 10.9 Å². The van der Waals surface area contributed by atoms with E-state index in [1.165, 1.54) is 0 Å². The lowest BCUT2D eigenvalue weighted by Crippen LogP contribution is -1.95. The Balaban J connectivity index is 1.79. The van der Waals surface area contributed by atoms with Crippen molar-refractivity contribution in [3.63, 3.8) is 0 Å². The Hall–Kier alpha value is -2.62. The summed E-state index contributed by atoms with van der Waals surface area (Å²) >= 11 is 0. The maximum absolute atomic E-state index is 5.80. The minimum absolute atomic E-state index is 0.497. The van der Waals surface area contributed by atoms with E-state index in [4.69, 9.17) is 15.2 Å². The Kier molecular flexibility index (Phi) is 3.21. The molecular formula is C16H16N2O2. The number of rotatable bonds is 4. The van der Waals surface area contributed by atoms with Crippen molar-refractivity contribution in [3.05, 3.63) is 54.2 Å². The number of methoxy groups -OCH3 is 1. The molecule has 3 aromatic rings. The fraction of sp³-hybridized carbons (Fsp3) is 0.125. The Bertz CT molecular complexity index is 734. The second-order valence-electron chi connectivity index (χ2n) is 4.59. The lowest BCUT2D eigenvalue weighted by atomic mass is 10.2. The third kappa shape index (κ3) is 2.40. The van der Waals surface area contributed by atoms with Crippen molar-refractivity contribution in [1.29, 1.82) is 0 Å². The summed E-state index contributed by atoms with van der Waals surface area (Å²) in [4.78, 5) is 3.20. The van der Waals surface area contributed by atoms with Gasteiger partial charge in [-0.05, 0) is 24.3 Å². The average molecular weight is 268 g/mol. The van der Waals surface area contributed by atoms with Crippen LogP contribution in [0.5, 0.6) is 11.5 Å². The maximum atomic E-state index is 5.80. The molecule has 0 amide bonds. The van der Waals surface area contributed by atoms with Gasteiger partial charge in [-0.3, -0.25) is 0 Å². The van der Waals surface area contributed by atoms with Gasteiger partial charge in [-0.15, -0.1) is 0 Å². The molecule has 20 heavy (non-hydrogen) atoms. The van der Waals surface area contributed by atoms with E-state index in [-0.39, 0.29) is 0 Å². The number of hydrogen-bond donors (Lipinski definition) is 2. The molecule has 102 valence electrons. The van der Waals surface area contributed by atoms with Gasteiger partial charge in [0.15, 0.2) is 0 Å². The maximum Gasteiger partial charge on any atom is 0.123 e. The largest absolute Gasteiger partial charge is 0.497 e. The van der Waals surface area contributed by atoms with Crippen LogP contribution in [-0.4, -0.2) is 12.1 Å². The standard InChI is InChI=1S/C16H16N2O2/c1-19-13-3-2-4-14(8-13)20-10-11-9-18-16-7-12(17)5-6-15(11)16/h2-9,18H,10,17H2,1H3. The van der Waals surface area contributed by atoms with Crippen LogP contribution in [0.1, 0.15) is 5.56 Å². The number of nitrogen functional groups attached to an aromatic ring is 1. The molecule has 0 fully saturated rings. The molecule has 0 aliphatic rings. The number of nitrogens with one attached hydrogen (secondary N) is 1. The zero-order valence-electron chi connectivity index (χ0n) is 11.2. The SMILES string of the molecule is COc1cccc(OCc2c[nH]c3cc(N)ccc23)c1. The number of hydrogen-bond acceptors (Lipinski definition) is 3. The first-order valence-electron chi connectivity index (χ1n) is 6.38. The number of H-pyrrole nitrogens is 1. The van der Waals surface area contributed by atoms with Gasteiger partial charge in [0.25, 0.3) is 0 Å². The first-order valence-corrected chi connectivity index (χ1v) is 6.38. The van der Waals surface area contributed by atoms with Crippen molar-refractivity contribution < 1.29 is 9.47 Å². The van der Waals surface area contributed by atoms with Gasteiger partial charge in [0.05, 0.1) is 7.11 Å². The number of fused-ring (bicyclic) bond motifs is 1. The Morgan fingerprint density at radius 2 is 1.95 bits per heavy atom. The summed E-state index contributed by atoms with van der Waals surface area (Å²) in [5.41, 5.74) is 8.64. The molecular weight excluding hydrogens is 252 g/mol. The predicted molar refractivity (Wildman–Crippen MR) is 80.0 cm³/mol. The fourth-order valence-corrected chi connectivity index (χ4v) is 2.18. The highest BCUT2D eigenvalue weighted by atomic mass is 16.5. The quantitative estimate of drug-likeness (QED) is 0.713. The molecule has 0 saturated carbocycles. The van der Waals surface area contributed by atoms with Crippen LogP contribution in [0.2, 0.25) is 0 Å². The summed E-state index contributed by atoms with van der Waals surface area (Å²) in [6, 6.07) is 13.4. The zero-order chi connectivity index (χ0) is 13.9. The Labute approximate surface area is 117 Å². The molecule has 0 radical (unpaired) electrons. The monoisotopic (exact) mass is 268 g/mol. The number of nitrogens with two attached hydrogens (primary N) is 1. The minimum Gasteiger partial charge on any atom is -0.497 e. The average Bonchev–Trinajstić information content (AvgIpc) is 2.87. The molecule has 0 spiro atoms. The van der Waals surface area contributed by atoms with Gasteiger partial charge in [-0.25, -0.2) is 0 Å². The first kappa shape index (κ1) is 12.4. The van der Waals surface area contributed by atoms with Crippen LogP contribution in [0.15, 0.2) is 48.7 Å². The van der Waals surface area contributed by atoms with Crippen LogP contribution >= 0.6 is 0 Å². The Morgan fingerprint density at radius 3 is 2.80 bits per heavy atom. The van der Waals surface area contributed by atoms with Crippen LogP contribution in [0.4, 0.5) is 5.69 Å². The molecule has 0 unspecified atom stereocenters. The van der Waals surface area contributed by atoms with Gasteiger partial charge < -0.3 is 20.2 Å². The van der Waals surface area contributed by atoms with E-state index < -0.39 is 0 Å². The molecule has 0 aliphatic heterocycles. The molecule has 3 N–H and O–H groups in total. The molecule has 0 aliphatic carbocycles. The number of ether oxygens (including phenoxy) is 2. The van der Waals surface area contributed by atoms with E-state index in [2.05, 4.69) is 4.98 Å². The molecule has 0 saturated heterocycles. The number of aromatic amines is 1. The van der Waals surface area contributed by atoms with Crippen LogP contribution < -0.4 is 15.2 Å². The van der Waals surface area contributed by atoms with E-state index >= 15 is 0 Å². The normalized spacial score (nSPS) is 10.7. The molecule has 0 atom stereocenters. The van der Waals surface area contributed by atoms with E-state index in [1.54, 1.807) is 7.11 Å². The van der Waals surface area contributed by atoms with Crippen molar-refractivity contribution in [1.82, 2.24) is 4.98 Å². The molecule has 0 bridgehead atoms. The van der Waals surface area contributed by atoms with Crippen LogP contribution in [0.3, 0.4) is 0 Å². The van der Waals surface area contributed by atoms with E-state index in [0.717, 1.165) is 33.7 Å². The van der Waals surface area contributed by atoms with Crippen molar-refractivity contribution >= 4 is 16.6 Å². The summed E-state index contributed by atoms with van der Waals surface area (Å²) in [6.45, 7) is 0.497. The van der Waals surface area contributed by atoms with E-state index in [9.17, 15) is 0 Å². The van der Waals surface area contributed by atoms with Gasteiger partial charge in [-0.1, -0.05) is 12.1 Å². The highest BCUT2D eigenvalue weighted by Crippen LogP contribution is 2.24. The van der Waals surface area contributed by atoms with Gasteiger partial charge >= 0.3 is 0 Å². The summed E-state index contributed by atoms with van der Waals surface area (Å²) in [5, 5.41) is 1.13. The smallest absolute Gasteiger partial charge is 0.123 e.